The molecule has 4 rings (SSSR count). The molecule has 0 aliphatic heterocycles. The van der Waals surface area contributed by atoms with Crippen molar-refractivity contribution in [1.29, 1.82) is 0 Å². The fourth-order valence-electron chi connectivity index (χ4n) is 5.14. The van der Waals surface area contributed by atoms with Crippen molar-refractivity contribution in [3.63, 3.8) is 0 Å². The zero-order valence-electron chi connectivity index (χ0n) is 27.1. The number of hydrogen-bond acceptors (Lipinski definition) is 6. The van der Waals surface area contributed by atoms with E-state index in [9.17, 15) is 18.0 Å². The van der Waals surface area contributed by atoms with Crippen molar-refractivity contribution >= 4 is 50.7 Å². The standard InChI is InChI=1S/C36H39Cl2N3O6S/c1-4-5-22-39-36(43)33(23-26-12-7-6-8-13-26)40(24-29-30(37)14-11-15-31(29)38)35(42)25-41(32-16-9-10-17-34(32)47-3)48(44,45)28-20-18-27(46-2)19-21-28/h6-21,33H,4-5,22-25H2,1-3H3,(H,39,43)/t33-/m0/s1. The lowest BCUT2D eigenvalue weighted by Gasteiger charge is -2.34. The molecular formula is C36H39Cl2N3O6S. The van der Waals surface area contributed by atoms with E-state index in [1.165, 1.54) is 43.4 Å². The van der Waals surface area contributed by atoms with E-state index in [-0.39, 0.29) is 35.2 Å². The van der Waals surface area contributed by atoms with Gasteiger partial charge in [-0.2, -0.15) is 0 Å². The Morgan fingerprint density at radius 2 is 1.48 bits per heavy atom. The van der Waals surface area contributed by atoms with Crippen molar-refractivity contribution in [2.75, 3.05) is 31.6 Å². The normalized spacial score (nSPS) is 11.8. The number of rotatable bonds is 16. The van der Waals surface area contributed by atoms with E-state index in [2.05, 4.69) is 5.32 Å². The second-order valence-corrected chi connectivity index (χ2v) is 13.6. The van der Waals surface area contributed by atoms with E-state index < -0.39 is 28.5 Å². The summed E-state index contributed by atoms with van der Waals surface area (Å²) < 4.78 is 40.4. The Labute approximate surface area is 292 Å². The number of para-hydroxylation sites is 2. The number of methoxy groups -OCH3 is 2. The minimum absolute atomic E-state index is 0.0687. The molecule has 0 radical (unpaired) electrons. The Balaban J connectivity index is 1.85. The largest absolute Gasteiger partial charge is 0.497 e. The van der Waals surface area contributed by atoms with Crippen LogP contribution in [0.3, 0.4) is 0 Å². The van der Waals surface area contributed by atoms with E-state index in [1.807, 2.05) is 37.3 Å². The summed E-state index contributed by atoms with van der Waals surface area (Å²) in [4.78, 5) is 29.9. The van der Waals surface area contributed by atoms with Gasteiger partial charge in [-0.3, -0.25) is 13.9 Å². The van der Waals surface area contributed by atoms with Gasteiger partial charge in [0.2, 0.25) is 11.8 Å². The second kappa shape index (κ2) is 17.2. The van der Waals surface area contributed by atoms with Gasteiger partial charge in [0.1, 0.15) is 24.1 Å². The lowest BCUT2D eigenvalue weighted by Crippen LogP contribution is -2.53. The maximum Gasteiger partial charge on any atom is 0.264 e. The van der Waals surface area contributed by atoms with E-state index in [1.54, 1.807) is 42.5 Å². The maximum absolute atomic E-state index is 14.7. The number of hydrogen-bond donors (Lipinski definition) is 1. The molecule has 12 heteroatoms. The van der Waals surface area contributed by atoms with Gasteiger partial charge in [-0.1, -0.05) is 85.1 Å². The van der Waals surface area contributed by atoms with Gasteiger partial charge in [0.15, 0.2) is 0 Å². The molecule has 1 atom stereocenters. The smallest absolute Gasteiger partial charge is 0.264 e. The minimum atomic E-state index is -4.35. The van der Waals surface area contributed by atoms with Crippen LogP contribution in [0.2, 0.25) is 10.0 Å². The summed E-state index contributed by atoms with van der Waals surface area (Å²) in [6.45, 7) is 1.61. The molecule has 0 aliphatic rings. The fourth-order valence-corrected chi connectivity index (χ4v) is 7.08. The lowest BCUT2D eigenvalue weighted by atomic mass is 10.0. The van der Waals surface area contributed by atoms with E-state index >= 15 is 0 Å². The van der Waals surface area contributed by atoms with Crippen molar-refractivity contribution < 1.29 is 27.5 Å². The molecule has 0 fully saturated rings. The van der Waals surface area contributed by atoms with Crippen molar-refractivity contribution in [2.24, 2.45) is 0 Å². The molecule has 48 heavy (non-hydrogen) atoms. The molecule has 0 bridgehead atoms. The van der Waals surface area contributed by atoms with Crippen LogP contribution >= 0.6 is 23.2 Å². The number of carbonyl (C=O) groups is 2. The molecule has 254 valence electrons. The number of carbonyl (C=O) groups excluding carboxylic acids is 2. The Kier molecular flexibility index (Phi) is 13.1. The van der Waals surface area contributed by atoms with Crippen molar-refractivity contribution in [3.8, 4) is 11.5 Å². The molecule has 0 aromatic heterocycles. The second-order valence-electron chi connectivity index (χ2n) is 10.9. The Morgan fingerprint density at radius 3 is 2.10 bits per heavy atom. The molecule has 4 aromatic rings. The number of halogens is 2. The van der Waals surface area contributed by atoms with Crippen molar-refractivity contribution in [3.05, 3.63) is 118 Å². The van der Waals surface area contributed by atoms with Crippen LogP contribution in [0.1, 0.15) is 30.9 Å². The Morgan fingerprint density at radius 1 is 0.833 bits per heavy atom. The summed E-state index contributed by atoms with van der Waals surface area (Å²) in [5.74, 6) is -0.332. The fraction of sp³-hybridized carbons (Fsp3) is 0.278. The summed E-state index contributed by atoms with van der Waals surface area (Å²) in [6.07, 6.45) is 1.76. The van der Waals surface area contributed by atoms with Crippen molar-refractivity contribution in [1.82, 2.24) is 10.2 Å². The van der Waals surface area contributed by atoms with E-state index in [0.29, 0.717) is 27.9 Å². The number of unbranched alkanes of at least 4 members (excludes halogenated alkanes) is 1. The number of sulfonamides is 1. The molecule has 0 heterocycles. The number of ether oxygens (including phenoxy) is 2. The number of anilines is 1. The van der Waals surface area contributed by atoms with Crippen LogP contribution in [0.5, 0.6) is 11.5 Å². The van der Waals surface area contributed by atoms with Crippen LogP contribution in [0, 0.1) is 0 Å². The SMILES string of the molecule is CCCCNC(=O)[C@H](Cc1ccccc1)N(Cc1c(Cl)cccc1Cl)C(=O)CN(c1ccccc1OC)S(=O)(=O)c1ccc(OC)cc1. The first-order chi connectivity index (χ1) is 23.1. The van der Waals surface area contributed by atoms with Gasteiger partial charge in [0.05, 0.1) is 24.8 Å². The van der Waals surface area contributed by atoms with Crippen LogP contribution in [-0.4, -0.2) is 58.5 Å². The summed E-state index contributed by atoms with van der Waals surface area (Å²) >= 11 is 13.2. The van der Waals surface area contributed by atoms with Gasteiger partial charge in [0, 0.05) is 35.1 Å². The molecule has 0 saturated carbocycles. The first-order valence-electron chi connectivity index (χ1n) is 15.4. The van der Waals surface area contributed by atoms with Crippen LogP contribution in [0.25, 0.3) is 0 Å². The first-order valence-corrected chi connectivity index (χ1v) is 17.6. The van der Waals surface area contributed by atoms with Crippen LogP contribution < -0.4 is 19.1 Å². The average Bonchev–Trinajstić information content (AvgIpc) is 3.10. The monoisotopic (exact) mass is 711 g/mol. The predicted octanol–water partition coefficient (Wildman–Crippen LogP) is 6.76. The molecule has 2 amide bonds. The van der Waals surface area contributed by atoms with Crippen LogP contribution in [0.15, 0.2) is 102 Å². The molecule has 1 N–H and O–H groups in total. The molecule has 9 nitrogen and oxygen atoms in total. The highest BCUT2D eigenvalue weighted by Crippen LogP contribution is 2.34. The van der Waals surface area contributed by atoms with Gasteiger partial charge in [-0.05, 0) is 60.5 Å². The van der Waals surface area contributed by atoms with Crippen LogP contribution in [-0.2, 0) is 32.6 Å². The third-order valence-electron chi connectivity index (χ3n) is 7.77. The third-order valence-corrected chi connectivity index (χ3v) is 10.3. The van der Waals surface area contributed by atoms with Crippen molar-refractivity contribution in [2.45, 2.75) is 43.7 Å². The molecule has 0 aliphatic carbocycles. The third kappa shape index (κ3) is 9.00. The predicted molar refractivity (Wildman–Crippen MR) is 189 cm³/mol. The topological polar surface area (TPSA) is 105 Å². The molecule has 4 aromatic carbocycles. The zero-order chi connectivity index (χ0) is 34.7. The van der Waals surface area contributed by atoms with Crippen LogP contribution in [0.4, 0.5) is 5.69 Å². The average molecular weight is 713 g/mol. The Hall–Kier alpha value is -4.25. The van der Waals surface area contributed by atoms with Gasteiger partial charge in [0.25, 0.3) is 10.0 Å². The van der Waals surface area contributed by atoms with Gasteiger partial charge in [-0.15, -0.1) is 0 Å². The van der Waals surface area contributed by atoms with Gasteiger partial charge < -0.3 is 19.7 Å². The van der Waals surface area contributed by atoms with Gasteiger partial charge in [-0.25, -0.2) is 8.42 Å². The summed E-state index contributed by atoms with van der Waals surface area (Å²) in [5.41, 5.74) is 1.38. The number of amides is 2. The number of benzene rings is 4. The highest BCUT2D eigenvalue weighted by atomic mass is 35.5. The Bertz CT molecular complexity index is 1770. The highest BCUT2D eigenvalue weighted by Gasteiger charge is 2.36. The highest BCUT2D eigenvalue weighted by molar-refractivity contribution is 7.92. The summed E-state index contributed by atoms with van der Waals surface area (Å²) in [6, 6.07) is 25.6. The minimum Gasteiger partial charge on any atom is -0.497 e. The number of nitrogens with one attached hydrogen (secondary N) is 1. The molecular weight excluding hydrogens is 673 g/mol. The van der Waals surface area contributed by atoms with E-state index in [0.717, 1.165) is 22.7 Å². The van der Waals surface area contributed by atoms with Gasteiger partial charge >= 0.3 is 0 Å². The quantitative estimate of drug-likeness (QED) is 0.129. The zero-order valence-corrected chi connectivity index (χ0v) is 29.4. The summed E-state index contributed by atoms with van der Waals surface area (Å²) in [5, 5.41) is 3.57. The molecule has 0 spiro atoms. The molecule has 0 saturated heterocycles. The maximum atomic E-state index is 14.7. The number of nitrogens with zero attached hydrogens (tertiary/aromatic N) is 2. The molecule has 0 unspecified atom stereocenters. The van der Waals surface area contributed by atoms with E-state index in [4.69, 9.17) is 32.7 Å². The first kappa shape index (κ1) is 36.6. The lowest BCUT2D eigenvalue weighted by molar-refractivity contribution is -0.140. The summed E-state index contributed by atoms with van der Waals surface area (Å²) in [7, 11) is -1.46.